The lowest BCUT2D eigenvalue weighted by molar-refractivity contribution is 0.127. The first-order chi connectivity index (χ1) is 17.2. The maximum atomic E-state index is 15.3. The third-order valence-corrected chi connectivity index (χ3v) is 6.41. The summed E-state index contributed by atoms with van der Waals surface area (Å²) in [5.41, 5.74) is 0.142. The predicted octanol–water partition coefficient (Wildman–Crippen LogP) is 4.06. The Labute approximate surface area is 202 Å². The number of aryl methyl sites for hydroxylation is 1. The molecule has 8 nitrogen and oxygen atoms in total. The molecule has 13 heteroatoms. The van der Waals surface area contributed by atoms with E-state index in [0.717, 1.165) is 12.3 Å². The normalized spacial score (nSPS) is 19.0. The van der Waals surface area contributed by atoms with Crippen molar-refractivity contribution in [3.63, 3.8) is 0 Å². The average Bonchev–Trinajstić information content (AvgIpc) is 3.31. The van der Waals surface area contributed by atoms with Crippen LogP contribution in [0.1, 0.15) is 12.2 Å². The molecule has 3 aromatic heterocycles. The molecule has 4 aromatic rings. The van der Waals surface area contributed by atoms with Crippen LogP contribution in [0.15, 0.2) is 18.3 Å². The van der Waals surface area contributed by atoms with Crippen LogP contribution in [-0.2, 0) is 6.54 Å². The molecule has 1 aliphatic rings. The fourth-order valence-electron chi connectivity index (χ4n) is 4.69. The summed E-state index contributed by atoms with van der Waals surface area (Å²) in [4.78, 5) is 10.2. The molecule has 1 aromatic carbocycles. The van der Waals surface area contributed by atoms with Gasteiger partial charge in [-0.25, -0.2) is 31.5 Å². The molecule has 1 aliphatic heterocycles. The van der Waals surface area contributed by atoms with E-state index >= 15 is 4.39 Å². The van der Waals surface area contributed by atoms with E-state index in [-0.39, 0.29) is 51.9 Å². The van der Waals surface area contributed by atoms with Crippen LogP contribution in [0, 0.1) is 18.6 Å². The lowest BCUT2D eigenvalue weighted by Gasteiger charge is -2.32. The van der Waals surface area contributed by atoms with Crippen LogP contribution >= 0.6 is 0 Å². The molecule has 0 bridgehead atoms. The van der Waals surface area contributed by atoms with Crippen molar-refractivity contribution in [1.82, 2.24) is 29.0 Å². The molecular weight excluding hydrogens is 485 g/mol. The second kappa shape index (κ2) is 9.19. The Balaban J connectivity index is 1.61. The number of ether oxygens (including phenoxy) is 1. The first-order valence-electron chi connectivity index (χ1n) is 11.3. The number of hydrogen-bond donors (Lipinski definition) is 1. The Bertz CT molecular complexity index is 1440. The fourth-order valence-corrected chi connectivity index (χ4v) is 4.69. The Kier molecular flexibility index (Phi) is 6.18. The van der Waals surface area contributed by atoms with Crippen molar-refractivity contribution in [2.45, 2.75) is 38.5 Å². The van der Waals surface area contributed by atoms with Gasteiger partial charge in [0.25, 0.3) is 6.43 Å². The topological polar surface area (TPSA) is 72.5 Å². The van der Waals surface area contributed by atoms with Crippen LogP contribution in [0.4, 0.5) is 27.9 Å². The van der Waals surface area contributed by atoms with E-state index in [0.29, 0.717) is 13.0 Å². The fraction of sp³-hybridized carbons (Fsp3) is 0.435. The largest absolute Gasteiger partial charge is 0.479 e. The van der Waals surface area contributed by atoms with E-state index in [2.05, 4.69) is 20.4 Å². The van der Waals surface area contributed by atoms with Gasteiger partial charge in [-0.05, 0) is 38.1 Å². The summed E-state index contributed by atoms with van der Waals surface area (Å²) in [6.45, 7) is 1.76. The minimum Gasteiger partial charge on any atom is -0.479 e. The maximum Gasteiger partial charge on any atom is 0.256 e. The van der Waals surface area contributed by atoms with Crippen LogP contribution in [0.3, 0.4) is 0 Å². The van der Waals surface area contributed by atoms with Crippen molar-refractivity contribution in [3.8, 4) is 17.0 Å². The number of halogens is 5. The number of nitrogens with zero attached hydrogens (tertiary/aromatic N) is 6. The molecular formula is C23H24F5N7O. The molecule has 0 saturated carbocycles. The van der Waals surface area contributed by atoms with Crippen molar-refractivity contribution < 1.29 is 26.7 Å². The van der Waals surface area contributed by atoms with Gasteiger partial charge in [-0.1, -0.05) is 0 Å². The van der Waals surface area contributed by atoms with Crippen molar-refractivity contribution in [2.24, 2.45) is 0 Å². The van der Waals surface area contributed by atoms with Crippen molar-refractivity contribution in [1.29, 1.82) is 0 Å². The third-order valence-electron chi connectivity index (χ3n) is 6.41. The lowest BCUT2D eigenvalue weighted by Crippen LogP contribution is -2.46. The number of likely N-dealkylation sites (tertiary alicyclic amines) is 1. The van der Waals surface area contributed by atoms with Gasteiger partial charge in [0.2, 0.25) is 11.8 Å². The average molecular weight is 509 g/mol. The molecule has 192 valence electrons. The Hall–Kier alpha value is -3.48. The lowest BCUT2D eigenvalue weighted by atomic mass is 10.0. The number of aromatic nitrogens is 5. The predicted molar refractivity (Wildman–Crippen MR) is 123 cm³/mol. The summed E-state index contributed by atoms with van der Waals surface area (Å²) in [6, 6.07) is 1.95. The molecule has 5 rings (SSSR count). The van der Waals surface area contributed by atoms with E-state index in [1.807, 2.05) is 11.9 Å². The molecule has 2 atom stereocenters. The van der Waals surface area contributed by atoms with E-state index < -0.39 is 36.8 Å². The zero-order valence-corrected chi connectivity index (χ0v) is 19.8. The number of hydrogen-bond acceptors (Lipinski definition) is 6. The van der Waals surface area contributed by atoms with Gasteiger partial charge in [0.1, 0.15) is 23.0 Å². The molecule has 0 radical (unpaired) electrons. The van der Waals surface area contributed by atoms with E-state index in [9.17, 15) is 17.6 Å². The molecule has 1 N–H and O–H groups in total. The Morgan fingerprint density at radius 3 is 2.67 bits per heavy atom. The summed E-state index contributed by atoms with van der Waals surface area (Å²) in [5.74, 6) is -1.30. The van der Waals surface area contributed by atoms with Gasteiger partial charge >= 0.3 is 0 Å². The summed E-state index contributed by atoms with van der Waals surface area (Å²) in [6.07, 6.45) is -2.24. The second-order valence-electron chi connectivity index (χ2n) is 8.89. The van der Waals surface area contributed by atoms with E-state index in [1.54, 1.807) is 0 Å². The van der Waals surface area contributed by atoms with Crippen LogP contribution in [0.5, 0.6) is 5.88 Å². The van der Waals surface area contributed by atoms with E-state index in [1.165, 1.54) is 29.2 Å². The van der Waals surface area contributed by atoms with Gasteiger partial charge in [0.15, 0.2) is 11.6 Å². The number of methoxy groups -OCH3 is 1. The van der Waals surface area contributed by atoms with Gasteiger partial charge in [-0.2, -0.15) is 4.98 Å². The molecule has 4 heterocycles. The zero-order valence-electron chi connectivity index (χ0n) is 19.8. The van der Waals surface area contributed by atoms with Gasteiger partial charge < -0.3 is 19.5 Å². The number of fused-ring (bicyclic) bond motifs is 2. The minimum absolute atomic E-state index is 0.0208. The van der Waals surface area contributed by atoms with Crippen LogP contribution in [0.25, 0.3) is 27.7 Å². The standard InChI is InChI=1S/C23H24F5N7O/c1-11-29-20-13(24)6-12(7-17(20)34(11)10-18(27)28)19-15(26)9-35-21(19)22(36-3)31-23(32-35)30-16-4-5-33(2)8-14(16)25/h6-7,9,14,16,18H,4-5,8,10H2,1-3H3,(H,30,32)/t14-,16+/m0/s1. The van der Waals surface area contributed by atoms with E-state index in [4.69, 9.17) is 4.74 Å². The highest BCUT2D eigenvalue weighted by atomic mass is 19.3. The summed E-state index contributed by atoms with van der Waals surface area (Å²) >= 11 is 0. The van der Waals surface area contributed by atoms with Crippen LogP contribution in [0.2, 0.25) is 0 Å². The number of rotatable bonds is 6. The Morgan fingerprint density at radius 2 is 1.97 bits per heavy atom. The van der Waals surface area contributed by atoms with Crippen LogP contribution in [-0.4, -0.2) is 74.9 Å². The Morgan fingerprint density at radius 1 is 1.19 bits per heavy atom. The summed E-state index contributed by atoms with van der Waals surface area (Å²) < 4.78 is 78.7. The first-order valence-corrected chi connectivity index (χ1v) is 11.3. The highest BCUT2D eigenvalue weighted by molar-refractivity contribution is 5.90. The van der Waals surface area contributed by atoms with Crippen molar-refractivity contribution >= 4 is 22.5 Å². The monoisotopic (exact) mass is 509 g/mol. The van der Waals surface area contributed by atoms with Gasteiger partial charge in [0, 0.05) is 13.1 Å². The highest BCUT2D eigenvalue weighted by Gasteiger charge is 2.29. The molecule has 1 saturated heterocycles. The second-order valence-corrected chi connectivity index (χ2v) is 8.89. The minimum atomic E-state index is -2.69. The molecule has 36 heavy (non-hydrogen) atoms. The molecule has 0 spiro atoms. The highest BCUT2D eigenvalue weighted by Crippen LogP contribution is 2.36. The van der Waals surface area contributed by atoms with Crippen molar-refractivity contribution in [2.75, 3.05) is 32.6 Å². The summed E-state index contributed by atoms with van der Waals surface area (Å²) in [5, 5.41) is 7.23. The zero-order chi connectivity index (χ0) is 25.7. The number of nitrogens with one attached hydrogen (secondary N) is 1. The van der Waals surface area contributed by atoms with Crippen molar-refractivity contribution in [3.05, 3.63) is 35.8 Å². The van der Waals surface area contributed by atoms with Gasteiger partial charge in [-0.15, -0.1) is 5.10 Å². The quantitative estimate of drug-likeness (QED) is 0.396. The molecule has 1 fully saturated rings. The number of benzene rings is 1. The molecule has 0 amide bonds. The molecule has 0 unspecified atom stereocenters. The smallest absolute Gasteiger partial charge is 0.256 e. The number of anilines is 1. The summed E-state index contributed by atoms with van der Waals surface area (Å²) in [7, 11) is 3.17. The number of piperidine rings is 1. The van der Waals surface area contributed by atoms with Gasteiger partial charge in [-0.3, -0.25) is 0 Å². The first kappa shape index (κ1) is 24.2. The third kappa shape index (κ3) is 4.21. The van der Waals surface area contributed by atoms with Gasteiger partial charge in [0.05, 0.1) is 37.0 Å². The van der Waals surface area contributed by atoms with Crippen LogP contribution < -0.4 is 10.1 Å². The number of imidazole rings is 1. The molecule has 0 aliphatic carbocycles. The maximum absolute atomic E-state index is 15.3. The number of alkyl halides is 3. The SMILES string of the molecule is COc1nc(N[C@@H]2CCN(C)C[C@@H]2F)nn2cc(F)c(-c3cc(F)c4nc(C)n(CC(F)F)c4c3)c12.